The van der Waals surface area contributed by atoms with Crippen molar-refractivity contribution in [2.75, 3.05) is 43.6 Å². The molecule has 234 valence electrons. The van der Waals surface area contributed by atoms with Crippen LogP contribution in [0.2, 0.25) is 5.02 Å². The minimum atomic E-state index is -3.57. The molecule has 0 bridgehead atoms. The summed E-state index contributed by atoms with van der Waals surface area (Å²) in [6, 6.07) is 11.4. The summed E-state index contributed by atoms with van der Waals surface area (Å²) >= 11 is 6.39. The second kappa shape index (κ2) is 12.2. The number of nitrogens with zero attached hydrogens (tertiary/aromatic N) is 1. The molecule has 9 nitrogen and oxygen atoms in total. The molecule has 2 aromatic carbocycles. The average Bonchev–Trinajstić information content (AvgIpc) is 3.09. The number of hydrogen-bond acceptors (Lipinski definition) is 7. The molecule has 0 amide bonds. The van der Waals surface area contributed by atoms with Gasteiger partial charge in [0.2, 0.25) is 10.0 Å². The van der Waals surface area contributed by atoms with Crippen LogP contribution in [0, 0.1) is 17.8 Å². The largest absolute Gasteiger partial charge is 0.490 e. The van der Waals surface area contributed by atoms with Crippen LogP contribution in [0.5, 0.6) is 5.75 Å². The van der Waals surface area contributed by atoms with E-state index in [-0.39, 0.29) is 41.5 Å². The number of halogens is 1. The number of anilines is 1. The van der Waals surface area contributed by atoms with E-state index in [0.717, 1.165) is 55.9 Å². The van der Waals surface area contributed by atoms with Gasteiger partial charge in [-0.05, 0) is 85.4 Å². The van der Waals surface area contributed by atoms with Crippen molar-refractivity contribution in [2.45, 2.75) is 63.1 Å². The maximum Gasteiger partial charge on any atom is 0.335 e. The number of benzene rings is 2. The van der Waals surface area contributed by atoms with Crippen LogP contribution < -0.4 is 14.8 Å². The smallest absolute Gasteiger partial charge is 0.335 e. The molecular weight excluding hydrogens is 592 g/mol. The van der Waals surface area contributed by atoms with E-state index in [1.807, 2.05) is 6.07 Å². The van der Waals surface area contributed by atoms with Crippen molar-refractivity contribution in [3.63, 3.8) is 0 Å². The lowest BCUT2D eigenvalue weighted by Crippen LogP contribution is -2.51. The number of sulfonamides is 1. The summed E-state index contributed by atoms with van der Waals surface area (Å²) in [5, 5.41) is 15.7. The van der Waals surface area contributed by atoms with Crippen LogP contribution in [0.3, 0.4) is 0 Å². The number of ether oxygens (including phenoxy) is 3. The SMILES string of the molecule is C[C@@H]1CO[C@H]([C@@H]2CC[C@H]2CN2C[C@@]3(CCCc4cc(Cl)ccc43)COc3ccc(C(=O)O)cc32)C[C@@H]1OCCS(N)(=O)=O. The molecule has 43 heavy (non-hydrogen) atoms. The molecule has 3 N–H and O–H groups in total. The molecule has 6 atom stereocenters. The maximum atomic E-state index is 12.0. The lowest BCUT2D eigenvalue weighted by atomic mass is 9.67. The summed E-state index contributed by atoms with van der Waals surface area (Å²) in [7, 11) is -3.57. The fourth-order valence-corrected chi connectivity index (χ4v) is 8.12. The second-order valence-electron chi connectivity index (χ2n) is 13.0. The Kier molecular flexibility index (Phi) is 8.69. The number of rotatable bonds is 8. The second-order valence-corrected chi connectivity index (χ2v) is 15.1. The average molecular weight is 633 g/mol. The minimum Gasteiger partial charge on any atom is -0.490 e. The van der Waals surface area contributed by atoms with E-state index < -0.39 is 16.0 Å². The molecule has 2 aliphatic heterocycles. The zero-order valence-corrected chi connectivity index (χ0v) is 26.1. The summed E-state index contributed by atoms with van der Waals surface area (Å²) in [6.45, 7) is 4.73. The summed E-state index contributed by atoms with van der Waals surface area (Å²) < 4.78 is 41.6. The third-order valence-corrected chi connectivity index (χ3v) is 11.0. The lowest BCUT2D eigenvalue weighted by Gasteiger charge is -2.48. The quantitative estimate of drug-likeness (QED) is 0.431. The first-order chi connectivity index (χ1) is 20.5. The Morgan fingerprint density at radius 2 is 2.07 bits per heavy atom. The molecule has 1 saturated carbocycles. The summed E-state index contributed by atoms with van der Waals surface area (Å²) in [4.78, 5) is 14.3. The van der Waals surface area contributed by atoms with E-state index in [1.165, 1.54) is 11.1 Å². The van der Waals surface area contributed by atoms with Gasteiger partial charge in [-0.2, -0.15) is 0 Å². The summed E-state index contributed by atoms with van der Waals surface area (Å²) in [5.41, 5.74) is 3.37. The van der Waals surface area contributed by atoms with Crippen molar-refractivity contribution in [1.82, 2.24) is 0 Å². The Labute approximate surface area is 258 Å². The Morgan fingerprint density at radius 3 is 2.81 bits per heavy atom. The highest BCUT2D eigenvalue weighted by Gasteiger charge is 2.46. The molecule has 1 saturated heterocycles. The Bertz CT molecular complexity index is 1470. The van der Waals surface area contributed by atoms with E-state index in [9.17, 15) is 18.3 Å². The van der Waals surface area contributed by atoms with Crippen molar-refractivity contribution >= 4 is 33.3 Å². The summed E-state index contributed by atoms with van der Waals surface area (Å²) in [6.07, 6.45) is 5.76. The highest BCUT2D eigenvalue weighted by molar-refractivity contribution is 7.89. The van der Waals surface area contributed by atoms with Gasteiger partial charge in [0.25, 0.3) is 0 Å². The van der Waals surface area contributed by atoms with Crippen LogP contribution >= 0.6 is 11.6 Å². The normalized spacial score (nSPS) is 30.5. The van der Waals surface area contributed by atoms with Crippen molar-refractivity contribution in [3.05, 3.63) is 58.1 Å². The molecule has 11 heteroatoms. The van der Waals surface area contributed by atoms with Crippen LogP contribution in [-0.4, -0.2) is 70.4 Å². The maximum absolute atomic E-state index is 12.0. The van der Waals surface area contributed by atoms with Crippen LogP contribution in [-0.2, 0) is 31.3 Å². The number of primary sulfonamides is 1. The van der Waals surface area contributed by atoms with Gasteiger partial charge < -0.3 is 24.2 Å². The number of carbonyl (C=O) groups is 1. The van der Waals surface area contributed by atoms with Gasteiger partial charge in [0.05, 0.1) is 49.0 Å². The first kappa shape index (κ1) is 30.6. The molecule has 2 fully saturated rings. The first-order valence-electron chi connectivity index (χ1n) is 15.3. The van der Waals surface area contributed by atoms with E-state index in [2.05, 4.69) is 24.0 Å². The third-order valence-electron chi connectivity index (χ3n) is 10.1. The van der Waals surface area contributed by atoms with Crippen molar-refractivity contribution in [2.24, 2.45) is 22.9 Å². The van der Waals surface area contributed by atoms with E-state index >= 15 is 0 Å². The van der Waals surface area contributed by atoms with E-state index in [1.54, 1.807) is 18.2 Å². The first-order valence-corrected chi connectivity index (χ1v) is 17.4. The van der Waals surface area contributed by atoms with Gasteiger partial charge in [-0.15, -0.1) is 0 Å². The number of nitrogens with two attached hydrogens (primary N) is 1. The molecule has 6 rings (SSSR count). The predicted octanol–water partition coefficient (Wildman–Crippen LogP) is 4.64. The van der Waals surface area contributed by atoms with Crippen molar-refractivity contribution in [3.8, 4) is 5.75 Å². The monoisotopic (exact) mass is 632 g/mol. The van der Waals surface area contributed by atoms with Crippen molar-refractivity contribution in [1.29, 1.82) is 0 Å². The van der Waals surface area contributed by atoms with Gasteiger partial charge in [-0.3, -0.25) is 0 Å². The van der Waals surface area contributed by atoms with Gasteiger partial charge in [-0.25, -0.2) is 18.4 Å². The fourth-order valence-electron chi connectivity index (χ4n) is 7.60. The Morgan fingerprint density at radius 1 is 1.23 bits per heavy atom. The number of aromatic carboxylic acids is 1. The standard InChI is InChI=1S/C32H41ClN2O7S/c1-20-17-41-30(15-29(20)40-11-12-43(34,38)39)25-7-4-23(25)16-35-18-32(10-2-3-21-13-24(33)6-8-26(21)32)19-42-28-9-5-22(31(36)37)14-27(28)35/h5-6,8-9,13-14,20,23,25,29-30H,2-4,7,10-12,15-19H2,1H3,(H,36,37)(H2,34,38,39)/t20-,23+,25-,29+,30+,32+/m1/s1. The van der Waals surface area contributed by atoms with Crippen LogP contribution in [0.4, 0.5) is 5.69 Å². The van der Waals surface area contributed by atoms with E-state index in [0.29, 0.717) is 37.2 Å². The van der Waals surface area contributed by atoms with Gasteiger partial charge >= 0.3 is 5.97 Å². The van der Waals surface area contributed by atoms with Crippen molar-refractivity contribution < 1.29 is 32.5 Å². The van der Waals surface area contributed by atoms with Crippen LogP contribution in [0.25, 0.3) is 0 Å². The minimum absolute atomic E-state index is 0.0222. The van der Waals surface area contributed by atoms with Gasteiger partial charge in [0.15, 0.2) is 0 Å². The topological polar surface area (TPSA) is 128 Å². The molecule has 4 aliphatic rings. The Balaban J connectivity index is 1.24. The molecule has 2 aromatic rings. The predicted molar refractivity (Wildman–Crippen MR) is 165 cm³/mol. The zero-order chi connectivity index (χ0) is 30.4. The number of carboxylic acids is 1. The molecule has 1 spiro atoms. The third kappa shape index (κ3) is 6.54. The highest BCUT2D eigenvalue weighted by Crippen LogP contribution is 2.47. The molecule has 0 unspecified atom stereocenters. The van der Waals surface area contributed by atoms with Gasteiger partial charge in [-0.1, -0.05) is 24.6 Å². The molecule has 0 radical (unpaired) electrons. The fraction of sp³-hybridized carbons (Fsp3) is 0.594. The van der Waals surface area contributed by atoms with Crippen LogP contribution in [0.1, 0.15) is 60.5 Å². The summed E-state index contributed by atoms with van der Waals surface area (Å²) in [5.74, 6) is 0.413. The molecule has 2 heterocycles. The molecular formula is C32H41ClN2O7S. The highest BCUT2D eigenvalue weighted by atomic mass is 35.5. The molecule has 2 aliphatic carbocycles. The van der Waals surface area contributed by atoms with Gasteiger partial charge in [0, 0.05) is 35.9 Å². The Hall–Kier alpha value is -2.37. The molecule has 0 aromatic heterocycles. The number of fused-ring (bicyclic) bond motifs is 3. The van der Waals surface area contributed by atoms with Gasteiger partial charge in [0.1, 0.15) is 5.75 Å². The zero-order valence-electron chi connectivity index (χ0n) is 24.5. The van der Waals surface area contributed by atoms with E-state index in [4.69, 9.17) is 31.0 Å². The number of hydrogen-bond donors (Lipinski definition) is 2. The lowest BCUT2D eigenvalue weighted by molar-refractivity contribution is -0.139. The van der Waals surface area contributed by atoms with Crippen LogP contribution in [0.15, 0.2) is 36.4 Å². The number of carboxylic acid groups (broad SMARTS) is 1. The number of aryl methyl sites for hydroxylation is 1.